The number of rotatable bonds is 11. The van der Waals surface area contributed by atoms with Crippen LogP contribution in [0.3, 0.4) is 0 Å². The Kier molecular flexibility index (Phi) is 7.56. The molecule has 0 aliphatic rings. The summed E-state index contributed by atoms with van der Waals surface area (Å²) in [6, 6.07) is 11.0. The number of aryl methyl sites for hydroxylation is 1. The Hall–Kier alpha value is -3.29. The largest absolute Gasteiger partial charge is 0.493 e. The van der Waals surface area contributed by atoms with Crippen molar-refractivity contribution in [1.82, 2.24) is 9.55 Å². The molecule has 2 atom stereocenters. The third-order valence-corrected chi connectivity index (χ3v) is 5.31. The van der Waals surface area contributed by atoms with Gasteiger partial charge in [-0.1, -0.05) is 25.1 Å². The van der Waals surface area contributed by atoms with Crippen LogP contribution in [0.4, 0.5) is 13.2 Å². The normalized spacial score (nSPS) is 13.5. The number of ether oxygens (including phenoxy) is 1. The molecule has 1 N–H and O–H groups in total. The van der Waals surface area contributed by atoms with Crippen molar-refractivity contribution < 1.29 is 27.8 Å². The van der Waals surface area contributed by atoms with Crippen molar-refractivity contribution in [2.24, 2.45) is 0 Å². The van der Waals surface area contributed by atoms with Gasteiger partial charge in [0.05, 0.1) is 12.5 Å². The summed E-state index contributed by atoms with van der Waals surface area (Å²) in [5.74, 6) is -6.80. The van der Waals surface area contributed by atoms with Gasteiger partial charge in [-0.15, -0.1) is 0 Å². The Morgan fingerprint density at radius 3 is 2.38 bits per heavy atom. The number of nitrogens with zero attached hydrogens (tertiary/aromatic N) is 2. The smallest absolute Gasteiger partial charge is 0.327 e. The molecule has 8 heteroatoms. The number of benzene rings is 1. The maximum absolute atomic E-state index is 14.6. The van der Waals surface area contributed by atoms with Gasteiger partial charge in [-0.05, 0) is 47.9 Å². The highest BCUT2D eigenvalue weighted by molar-refractivity contribution is 5.73. The number of carbonyl (C=O) groups is 1. The van der Waals surface area contributed by atoms with Crippen molar-refractivity contribution >= 4 is 5.97 Å². The van der Waals surface area contributed by atoms with Crippen LogP contribution in [-0.4, -0.2) is 39.8 Å². The van der Waals surface area contributed by atoms with Crippen LogP contribution in [0.15, 0.2) is 67.1 Å². The van der Waals surface area contributed by atoms with Crippen molar-refractivity contribution in [2.45, 2.75) is 37.6 Å². The predicted molar refractivity (Wildman–Crippen MR) is 114 cm³/mol. The van der Waals surface area contributed by atoms with Crippen LogP contribution in [0.1, 0.15) is 35.7 Å². The predicted octanol–water partition coefficient (Wildman–Crippen LogP) is 5.08. The Labute approximate surface area is 184 Å². The highest BCUT2D eigenvalue weighted by Gasteiger charge is 2.49. The highest BCUT2D eigenvalue weighted by atomic mass is 19.3. The minimum Gasteiger partial charge on any atom is -0.493 e. The van der Waals surface area contributed by atoms with Crippen molar-refractivity contribution in [2.75, 3.05) is 13.3 Å². The molecule has 0 saturated heterocycles. The molecule has 0 radical (unpaired) electrons. The third kappa shape index (κ3) is 5.49. The van der Waals surface area contributed by atoms with Gasteiger partial charge in [-0.3, -0.25) is 4.98 Å². The number of carboxylic acids is 1. The van der Waals surface area contributed by atoms with Gasteiger partial charge in [0, 0.05) is 30.7 Å². The number of pyridine rings is 1. The fourth-order valence-electron chi connectivity index (χ4n) is 3.57. The summed E-state index contributed by atoms with van der Waals surface area (Å²) in [4.78, 5) is 16.2. The van der Waals surface area contributed by atoms with Crippen molar-refractivity contribution in [3.8, 4) is 5.75 Å². The first-order valence-corrected chi connectivity index (χ1v) is 10.3. The number of alkyl halides is 3. The fraction of sp³-hybridized carbons (Fsp3) is 0.333. The van der Waals surface area contributed by atoms with Crippen LogP contribution in [0.2, 0.25) is 0 Å². The molecule has 5 nitrogen and oxygen atoms in total. The second-order valence-corrected chi connectivity index (χ2v) is 7.46. The van der Waals surface area contributed by atoms with E-state index in [0.717, 1.165) is 22.2 Å². The van der Waals surface area contributed by atoms with Crippen molar-refractivity contribution in [3.63, 3.8) is 0 Å². The molecule has 2 heterocycles. The van der Waals surface area contributed by atoms with E-state index < -0.39 is 30.5 Å². The van der Waals surface area contributed by atoms with E-state index in [9.17, 15) is 23.1 Å². The second-order valence-electron chi connectivity index (χ2n) is 7.46. The number of halogens is 3. The zero-order valence-corrected chi connectivity index (χ0v) is 17.6. The Morgan fingerprint density at radius 2 is 1.84 bits per heavy atom. The van der Waals surface area contributed by atoms with Gasteiger partial charge in [-0.2, -0.15) is 0 Å². The standard InChI is InChI=1S/C24H25F3N2O3/c1-2-17-5-8-19(28-15-17)11-14-32-20-9-6-18(7-10-20)21(24(26,27)16-25)22(23(30)31)29-12-3-4-13-29/h3-10,12-13,15,21-22H,2,11,14,16H2,1H3,(H,30,31)/t21-,22-/m0/s1. The maximum atomic E-state index is 14.6. The molecule has 0 fully saturated rings. The molecule has 0 aliphatic carbocycles. The second kappa shape index (κ2) is 10.3. The molecule has 3 rings (SSSR count). The molecule has 0 unspecified atom stereocenters. The lowest BCUT2D eigenvalue weighted by Gasteiger charge is -2.31. The van der Waals surface area contributed by atoms with E-state index in [1.807, 2.05) is 18.3 Å². The van der Waals surface area contributed by atoms with E-state index in [2.05, 4.69) is 11.9 Å². The molecule has 0 bridgehead atoms. The van der Waals surface area contributed by atoms with Gasteiger partial charge in [-0.25, -0.2) is 18.0 Å². The molecular weight excluding hydrogens is 421 g/mol. The third-order valence-electron chi connectivity index (χ3n) is 5.31. The summed E-state index contributed by atoms with van der Waals surface area (Å²) in [5, 5.41) is 9.64. The highest BCUT2D eigenvalue weighted by Crippen LogP contribution is 2.42. The minimum atomic E-state index is -3.87. The summed E-state index contributed by atoms with van der Waals surface area (Å²) in [5.41, 5.74) is 2.03. The van der Waals surface area contributed by atoms with Crippen LogP contribution >= 0.6 is 0 Å². The summed E-state index contributed by atoms with van der Waals surface area (Å²) in [6.07, 6.45) is 6.05. The van der Waals surface area contributed by atoms with E-state index in [-0.39, 0.29) is 5.56 Å². The fourth-order valence-corrected chi connectivity index (χ4v) is 3.57. The lowest BCUT2D eigenvalue weighted by atomic mass is 9.85. The van der Waals surface area contributed by atoms with E-state index in [4.69, 9.17) is 4.74 Å². The summed E-state index contributed by atoms with van der Waals surface area (Å²) >= 11 is 0. The van der Waals surface area contributed by atoms with Crippen LogP contribution < -0.4 is 4.74 Å². The molecule has 32 heavy (non-hydrogen) atoms. The lowest BCUT2D eigenvalue weighted by molar-refractivity contribution is -0.147. The van der Waals surface area contributed by atoms with Gasteiger partial charge in [0.25, 0.3) is 5.92 Å². The molecule has 1 aromatic carbocycles. The average Bonchev–Trinajstić information content (AvgIpc) is 3.32. The monoisotopic (exact) mass is 446 g/mol. The van der Waals surface area contributed by atoms with Gasteiger partial charge in [0.1, 0.15) is 11.8 Å². The van der Waals surface area contributed by atoms with Gasteiger partial charge >= 0.3 is 5.97 Å². The molecule has 170 valence electrons. The first kappa shape index (κ1) is 23.4. The van der Waals surface area contributed by atoms with Crippen molar-refractivity contribution in [3.05, 3.63) is 83.9 Å². The Balaban J connectivity index is 1.74. The van der Waals surface area contributed by atoms with E-state index >= 15 is 0 Å². The molecule has 2 aromatic heterocycles. The summed E-state index contributed by atoms with van der Waals surface area (Å²) in [7, 11) is 0. The van der Waals surface area contributed by atoms with Crippen LogP contribution in [0.5, 0.6) is 5.75 Å². The molecular formula is C24H25F3N2O3. The van der Waals surface area contributed by atoms with E-state index in [0.29, 0.717) is 18.8 Å². The zero-order valence-electron chi connectivity index (χ0n) is 17.6. The maximum Gasteiger partial charge on any atom is 0.327 e. The van der Waals surface area contributed by atoms with Crippen LogP contribution in [0, 0.1) is 0 Å². The zero-order chi connectivity index (χ0) is 23.1. The molecule has 0 saturated carbocycles. The van der Waals surface area contributed by atoms with Crippen LogP contribution in [-0.2, 0) is 17.6 Å². The van der Waals surface area contributed by atoms with Gasteiger partial charge < -0.3 is 14.4 Å². The Bertz CT molecular complexity index is 990. The quantitative estimate of drug-likeness (QED) is 0.446. The molecule has 0 spiro atoms. The van der Waals surface area contributed by atoms with Gasteiger partial charge in [0.2, 0.25) is 0 Å². The van der Waals surface area contributed by atoms with Gasteiger partial charge in [0.15, 0.2) is 6.67 Å². The van der Waals surface area contributed by atoms with Crippen LogP contribution in [0.25, 0.3) is 0 Å². The number of carboxylic acid groups (broad SMARTS) is 1. The summed E-state index contributed by atoms with van der Waals surface area (Å²) in [6.45, 7) is 0.419. The lowest BCUT2D eigenvalue weighted by Crippen LogP contribution is -2.38. The number of aromatic nitrogens is 2. The van der Waals surface area contributed by atoms with E-state index in [1.54, 1.807) is 0 Å². The number of aliphatic carboxylic acids is 1. The van der Waals surface area contributed by atoms with E-state index in [1.165, 1.54) is 48.8 Å². The average molecular weight is 446 g/mol. The van der Waals surface area contributed by atoms with Crippen molar-refractivity contribution in [1.29, 1.82) is 0 Å². The number of hydrogen-bond acceptors (Lipinski definition) is 3. The molecule has 0 aliphatic heterocycles. The Morgan fingerprint density at radius 1 is 1.16 bits per heavy atom. The first-order valence-electron chi connectivity index (χ1n) is 10.3. The number of hydrogen-bond donors (Lipinski definition) is 1. The topological polar surface area (TPSA) is 64.3 Å². The minimum absolute atomic E-state index is 0.0120. The molecule has 0 amide bonds. The summed E-state index contributed by atoms with van der Waals surface area (Å²) < 4.78 is 49.2. The SMILES string of the molecule is CCc1ccc(CCOc2ccc([C@@H]([C@@H](C(=O)O)n3cccc3)C(F)(F)CF)cc2)nc1. The first-order chi connectivity index (χ1) is 15.4. The molecule has 3 aromatic rings.